The summed E-state index contributed by atoms with van der Waals surface area (Å²) in [5, 5.41) is 0. The standard InChI is InChI=1S/C16H26N2/c1-16(2,3)14-6-4-13(5-7-14)12-18-10-8-15(17)9-11-18/h4-7,15H,8-12,17H2,1-3H3. The van der Waals surface area contributed by atoms with E-state index in [1.54, 1.807) is 0 Å². The van der Waals surface area contributed by atoms with Gasteiger partial charge < -0.3 is 5.73 Å². The molecular formula is C16H26N2. The van der Waals surface area contributed by atoms with Crippen LogP contribution >= 0.6 is 0 Å². The van der Waals surface area contributed by atoms with Gasteiger partial charge in [-0.15, -0.1) is 0 Å². The number of piperidine rings is 1. The van der Waals surface area contributed by atoms with Crippen LogP contribution in [0.3, 0.4) is 0 Å². The lowest BCUT2D eigenvalue weighted by Crippen LogP contribution is -2.39. The lowest BCUT2D eigenvalue weighted by Gasteiger charge is -2.30. The van der Waals surface area contributed by atoms with Crippen LogP contribution in [0.2, 0.25) is 0 Å². The first kappa shape index (κ1) is 13.6. The fraction of sp³-hybridized carbons (Fsp3) is 0.625. The molecule has 100 valence electrons. The number of benzene rings is 1. The average Bonchev–Trinajstić information content (AvgIpc) is 2.32. The highest BCUT2D eigenvalue weighted by molar-refractivity contribution is 5.27. The van der Waals surface area contributed by atoms with E-state index < -0.39 is 0 Å². The Balaban J connectivity index is 1.94. The molecule has 0 spiro atoms. The summed E-state index contributed by atoms with van der Waals surface area (Å²) in [5.41, 5.74) is 9.00. The van der Waals surface area contributed by atoms with Crippen molar-refractivity contribution in [1.29, 1.82) is 0 Å². The second-order valence-electron chi connectivity index (χ2n) is 6.56. The fourth-order valence-corrected chi connectivity index (χ4v) is 2.48. The minimum atomic E-state index is 0.246. The van der Waals surface area contributed by atoms with Gasteiger partial charge >= 0.3 is 0 Å². The van der Waals surface area contributed by atoms with Crippen molar-refractivity contribution < 1.29 is 0 Å². The van der Waals surface area contributed by atoms with Crippen molar-refractivity contribution in [2.24, 2.45) is 5.73 Å². The fourth-order valence-electron chi connectivity index (χ4n) is 2.48. The zero-order valence-electron chi connectivity index (χ0n) is 11.9. The minimum Gasteiger partial charge on any atom is -0.328 e. The van der Waals surface area contributed by atoms with E-state index in [9.17, 15) is 0 Å². The van der Waals surface area contributed by atoms with Gasteiger partial charge in [0.2, 0.25) is 0 Å². The molecule has 0 aliphatic carbocycles. The maximum Gasteiger partial charge on any atom is 0.0233 e. The Hall–Kier alpha value is -0.860. The van der Waals surface area contributed by atoms with Gasteiger partial charge in [0, 0.05) is 12.6 Å². The van der Waals surface area contributed by atoms with Gasteiger partial charge in [-0.05, 0) is 42.5 Å². The van der Waals surface area contributed by atoms with Crippen molar-refractivity contribution in [3.8, 4) is 0 Å². The van der Waals surface area contributed by atoms with Crippen molar-refractivity contribution in [2.75, 3.05) is 13.1 Å². The lowest BCUT2D eigenvalue weighted by atomic mass is 9.86. The predicted molar refractivity (Wildman–Crippen MR) is 77.6 cm³/mol. The third-order valence-corrected chi connectivity index (χ3v) is 3.86. The Labute approximate surface area is 111 Å². The van der Waals surface area contributed by atoms with E-state index in [1.807, 2.05) is 0 Å². The third kappa shape index (κ3) is 3.56. The Morgan fingerprint density at radius 1 is 1.11 bits per heavy atom. The Morgan fingerprint density at radius 3 is 2.17 bits per heavy atom. The summed E-state index contributed by atoms with van der Waals surface area (Å²) in [6, 6.07) is 9.50. The van der Waals surface area contributed by atoms with Crippen molar-refractivity contribution in [3.63, 3.8) is 0 Å². The molecule has 1 aliphatic heterocycles. The number of nitrogens with two attached hydrogens (primary N) is 1. The van der Waals surface area contributed by atoms with Gasteiger partial charge in [-0.1, -0.05) is 45.0 Å². The van der Waals surface area contributed by atoms with Crippen LogP contribution in [0, 0.1) is 0 Å². The van der Waals surface area contributed by atoms with Gasteiger partial charge in [-0.2, -0.15) is 0 Å². The number of likely N-dealkylation sites (tertiary alicyclic amines) is 1. The normalized spacial score (nSPS) is 19.1. The first-order chi connectivity index (χ1) is 8.45. The molecule has 1 aromatic carbocycles. The lowest BCUT2D eigenvalue weighted by molar-refractivity contribution is 0.205. The summed E-state index contributed by atoms with van der Waals surface area (Å²) < 4.78 is 0. The van der Waals surface area contributed by atoms with E-state index in [2.05, 4.69) is 49.9 Å². The molecular weight excluding hydrogens is 220 g/mol. The van der Waals surface area contributed by atoms with Crippen molar-refractivity contribution in [2.45, 2.75) is 51.6 Å². The molecule has 2 rings (SSSR count). The number of rotatable bonds is 2. The van der Waals surface area contributed by atoms with Crippen LogP contribution in [0.15, 0.2) is 24.3 Å². The van der Waals surface area contributed by atoms with E-state index in [-0.39, 0.29) is 5.41 Å². The highest BCUT2D eigenvalue weighted by atomic mass is 15.1. The first-order valence-corrected chi connectivity index (χ1v) is 7.02. The average molecular weight is 246 g/mol. The second-order valence-corrected chi connectivity index (χ2v) is 6.56. The van der Waals surface area contributed by atoms with Gasteiger partial charge in [0.1, 0.15) is 0 Å². The zero-order valence-corrected chi connectivity index (χ0v) is 11.9. The molecule has 0 radical (unpaired) electrons. The monoisotopic (exact) mass is 246 g/mol. The van der Waals surface area contributed by atoms with Gasteiger partial charge in [0.25, 0.3) is 0 Å². The first-order valence-electron chi connectivity index (χ1n) is 7.02. The summed E-state index contributed by atoms with van der Waals surface area (Å²) in [6.07, 6.45) is 2.28. The largest absolute Gasteiger partial charge is 0.328 e. The zero-order chi connectivity index (χ0) is 13.2. The summed E-state index contributed by atoms with van der Waals surface area (Å²) >= 11 is 0. The molecule has 2 nitrogen and oxygen atoms in total. The minimum absolute atomic E-state index is 0.246. The van der Waals surface area contributed by atoms with Crippen molar-refractivity contribution >= 4 is 0 Å². The van der Waals surface area contributed by atoms with Gasteiger partial charge in [-0.3, -0.25) is 4.90 Å². The molecule has 0 unspecified atom stereocenters. The number of nitrogens with zero attached hydrogens (tertiary/aromatic N) is 1. The van der Waals surface area contributed by atoms with Gasteiger partial charge in [0.05, 0.1) is 0 Å². The molecule has 1 fully saturated rings. The van der Waals surface area contributed by atoms with E-state index in [1.165, 1.54) is 11.1 Å². The van der Waals surface area contributed by atoms with E-state index in [0.29, 0.717) is 6.04 Å². The van der Waals surface area contributed by atoms with Crippen LogP contribution in [-0.2, 0) is 12.0 Å². The highest BCUT2D eigenvalue weighted by Gasteiger charge is 2.17. The maximum absolute atomic E-state index is 5.93. The number of hydrogen-bond acceptors (Lipinski definition) is 2. The van der Waals surface area contributed by atoms with E-state index in [0.717, 1.165) is 32.5 Å². The van der Waals surface area contributed by atoms with Crippen molar-refractivity contribution in [3.05, 3.63) is 35.4 Å². The molecule has 18 heavy (non-hydrogen) atoms. The topological polar surface area (TPSA) is 29.3 Å². The third-order valence-electron chi connectivity index (χ3n) is 3.86. The SMILES string of the molecule is CC(C)(C)c1ccc(CN2CCC(N)CC2)cc1. The van der Waals surface area contributed by atoms with Gasteiger partial charge in [-0.25, -0.2) is 0 Å². The molecule has 0 atom stereocenters. The van der Waals surface area contributed by atoms with Crippen LogP contribution in [0.4, 0.5) is 0 Å². The number of hydrogen-bond donors (Lipinski definition) is 1. The van der Waals surface area contributed by atoms with Crippen LogP contribution < -0.4 is 5.73 Å². The Kier molecular flexibility index (Phi) is 4.08. The van der Waals surface area contributed by atoms with Crippen LogP contribution in [0.25, 0.3) is 0 Å². The summed E-state index contributed by atoms with van der Waals surface area (Å²) in [4.78, 5) is 2.51. The Bertz CT molecular complexity index is 367. The molecule has 1 aromatic rings. The predicted octanol–water partition coefficient (Wildman–Crippen LogP) is 2.91. The summed E-state index contributed by atoms with van der Waals surface area (Å²) in [6.45, 7) is 10.1. The Morgan fingerprint density at radius 2 is 1.67 bits per heavy atom. The van der Waals surface area contributed by atoms with Gasteiger partial charge in [0.15, 0.2) is 0 Å². The smallest absolute Gasteiger partial charge is 0.0233 e. The molecule has 1 aliphatic rings. The van der Waals surface area contributed by atoms with E-state index >= 15 is 0 Å². The molecule has 0 aromatic heterocycles. The summed E-state index contributed by atoms with van der Waals surface area (Å²) in [5.74, 6) is 0. The molecule has 0 saturated carbocycles. The molecule has 2 heteroatoms. The molecule has 2 N–H and O–H groups in total. The molecule has 0 amide bonds. The maximum atomic E-state index is 5.93. The quantitative estimate of drug-likeness (QED) is 0.869. The van der Waals surface area contributed by atoms with Crippen molar-refractivity contribution in [1.82, 2.24) is 4.90 Å². The molecule has 0 bridgehead atoms. The molecule has 1 saturated heterocycles. The second kappa shape index (κ2) is 5.41. The van der Waals surface area contributed by atoms with Crippen LogP contribution in [0.1, 0.15) is 44.7 Å². The van der Waals surface area contributed by atoms with Crippen LogP contribution in [-0.4, -0.2) is 24.0 Å². The van der Waals surface area contributed by atoms with Crippen LogP contribution in [0.5, 0.6) is 0 Å². The summed E-state index contributed by atoms with van der Waals surface area (Å²) in [7, 11) is 0. The molecule has 1 heterocycles. The highest BCUT2D eigenvalue weighted by Crippen LogP contribution is 2.22. The van der Waals surface area contributed by atoms with E-state index in [4.69, 9.17) is 5.73 Å².